The van der Waals surface area contributed by atoms with E-state index in [2.05, 4.69) is 5.32 Å². The lowest BCUT2D eigenvalue weighted by molar-refractivity contribution is -0.140. The molecule has 3 aromatic rings. The number of rotatable bonds is 11. The standard InChI is InChI=1S/C31H37Cl2N3O4S/c1-7-28(31(38)34-20(2)3)35(18-24-11-14-26(32)27(33)17-24)30(37)19-36(29-15-10-22(5)16-23(29)6)41(39,40)25-12-8-21(4)9-13-25/h8-17,20,28H,7,18-19H2,1-6H3,(H,34,38)/t28-/m0/s1. The van der Waals surface area contributed by atoms with Gasteiger partial charge in [-0.2, -0.15) is 0 Å². The lowest BCUT2D eigenvalue weighted by Crippen LogP contribution is -2.53. The summed E-state index contributed by atoms with van der Waals surface area (Å²) < 4.78 is 29.2. The molecule has 0 unspecified atom stereocenters. The summed E-state index contributed by atoms with van der Waals surface area (Å²) in [6.45, 7) is 10.6. The minimum absolute atomic E-state index is 0.0328. The fourth-order valence-electron chi connectivity index (χ4n) is 4.57. The van der Waals surface area contributed by atoms with Gasteiger partial charge in [0.1, 0.15) is 12.6 Å². The highest BCUT2D eigenvalue weighted by Gasteiger charge is 2.34. The molecule has 220 valence electrons. The Bertz CT molecular complexity index is 1510. The molecule has 0 heterocycles. The van der Waals surface area contributed by atoms with Crippen molar-refractivity contribution in [1.82, 2.24) is 10.2 Å². The maximum absolute atomic E-state index is 14.2. The molecule has 0 fully saturated rings. The van der Waals surface area contributed by atoms with Gasteiger partial charge in [0.05, 0.1) is 20.6 Å². The predicted molar refractivity (Wildman–Crippen MR) is 166 cm³/mol. The van der Waals surface area contributed by atoms with Gasteiger partial charge in [-0.25, -0.2) is 8.42 Å². The van der Waals surface area contributed by atoms with E-state index in [0.717, 1.165) is 15.4 Å². The van der Waals surface area contributed by atoms with E-state index in [-0.39, 0.29) is 23.4 Å². The number of halogens is 2. The van der Waals surface area contributed by atoms with E-state index in [1.807, 2.05) is 53.7 Å². The van der Waals surface area contributed by atoms with Gasteiger partial charge in [-0.05, 0) is 82.5 Å². The number of hydrogen-bond donors (Lipinski definition) is 1. The molecular formula is C31H37Cl2N3O4S. The number of aryl methyl sites for hydroxylation is 3. The summed E-state index contributed by atoms with van der Waals surface area (Å²) in [5, 5.41) is 3.56. The van der Waals surface area contributed by atoms with Crippen molar-refractivity contribution in [1.29, 1.82) is 0 Å². The van der Waals surface area contributed by atoms with E-state index >= 15 is 0 Å². The molecule has 1 N–H and O–H groups in total. The summed E-state index contributed by atoms with van der Waals surface area (Å²) in [6.07, 6.45) is 0.319. The second kappa shape index (κ2) is 13.7. The second-order valence-electron chi connectivity index (χ2n) is 10.5. The van der Waals surface area contributed by atoms with Crippen LogP contribution in [0.5, 0.6) is 0 Å². The number of carbonyl (C=O) groups excluding carboxylic acids is 2. The smallest absolute Gasteiger partial charge is 0.264 e. The fourth-order valence-corrected chi connectivity index (χ4v) is 6.37. The first-order valence-electron chi connectivity index (χ1n) is 13.4. The molecule has 0 aliphatic carbocycles. The van der Waals surface area contributed by atoms with Crippen molar-refractivity contribution >= 4 is 50.7 Å². The molecule has 41 heavy (non-hydrogen) atoms. The molecule has 3 aromatic carbocycles. The summed E-state index contributed by atoms with van der Waals surface area (Å²) in [7, 11) is -4.14. The van der Waals surface area contributed by atoms with Crippen LogP contribution in [0.15, 0.2) is 65.6 Å². The number of sulfonamides is 1. The van der Waals surface area contributed by atoms with Crippen LogP contribution in [0, 0.1) is 20.8 Å². The van der Waals surface area contributed by atoms with Gasteiger partial charge < -0.3 is 10.2 Å². The highest BCUT2D eigenvalue weighted by molar-refractivity contribution is 7.92. The Morgan fingerprint density at radius 3 is 2.07 bits per heavy atom. The van der Waals surface area contributed by atoms with Crippen LogP contribution in [0.25, 0.3) is 0 Å². The van der Waals surface area contributed by atoms with E-state index < -0.39 is 28.5 Å². The zero-order valence-electron chi connectivity index (χ0n) is 24.2. The first-order chi connectivity index (χ1) is 19.2. The van der Waals surface area contributed by atoms with Crippen LogP contribution in [-0.2, 0) is 26.2 Å². The van der Waals surface area contributed by atoms with Gasteiger partial charge in [0.2, 0.25) is 11.8 Å². The Morgan fingerprint density at radius 1 is 0.878 bits per heavy atom. The van der Waals surface area contributed by atoms with Crippen molar-refractivity contribution in [2.24, 2.45) is 0 Å². The molecule has 0 saturated carbocycles. The minimum Gasteiger partial charge on any atom is -0.352 e. The van der Waals surface area contributed by atoms with E-state index in [0.29, 0.717) is 33.3 Å². The summed E-state index contributed by atoms with van der Waals surface area (Å²) in [4.78, 5) is 28.9. The van der Waals surface area contributed by atoms with Crippen LogP contribution in [-0.4, -0.2) is 43.8 Å². The van der Waals surface area contributed by atoms with Crippen LogP contribution in [0.2, 0.25) is 10.0 Å². The number of nitrogens with zero attached hydrogens (tertiary/aromatic N) is 2. The average Bonchev–Trinajstić information content (AvgIpc) is 2.89. The molecule has 0 saturated heterocycles. The number of nitrogens with one attached hydrogen (secondary N) is 1. The number of anilines is 1. The molecular weight excluding hydrogens is 581 g/mol. The maximum Gasteiger partial charge on any atom is 0.264 e. The lowest BCUT2D eigenvalue weighted by atomic mass is 10.1. The first kappa shape index (κ1) is 32.4. The Morgan fingerprint density at radius 2 is 1.51 bits per heavy atom. The molecule has 0 bridgehead atoms. The quantitative estimate of drug-likeness (QED) is 0.268. The van der Waals surface area contributed by atoms with Crippen molar-refractivity contribution in [3.05, 3.63) is 93.0 Å². The average molecular weight is 619 g/mol. The fraction of sp³-hybridized carbons (Fsp3) is 0.355. The molecule has 0 radical (unpaired) electrons. The van der Waals surface area contributed by atoms with Gasteiger partial charge in [0, 0.05) is 12.6 Å². The van der Waals surface area contributed by atoms with E-state index in [1.54, 1.807) is 36.4 Å². The number of carbonyl (C=O) groups is 2. The molecule has 10 heteroatoms. The summed E-state index contributed by atoms with van der Waals surface area (Å²) in [6, 6.07) is 15.9. The third-order valence-electron chi connectivity index (χ3n) is 6.66. The third kappa shape index (κ3) is 8.03. The molecule has 2 amide bonds. The van der Waals surface area contributed by atoms with Gasteiger partial charge in [-0.1, -0.05) is 71.6 Å². The van der Waals surface area contributed by atoms with Crippen LogP contribution in [0.3, 0.4) is 0 Å². The first-order valence-corrected chi connectivity index (χ1v) is 15.6. The number of hydrogen-bond acceptors (Lipinski definition) is 4. The third-order valence-corrected chi connectivity index (χ3v) is 9.18. The highest BCUT2D eigenvalue weighted by atomic mass is 35.5. The Labute approximate surface area is 253 Å². The van der Waals surface area contributed by atoms with Crippen molar-refractivity contribution < 1.29 is 18.0 Å². The SMILES string of the molecule is CC[C@@H](C(=O)NC(C)C)N(Cc1ccc(Cl)c(Cl)c1)C(=O)CN(c1ccc(C)cc1C)S(=O)(=O)c1ccc(C)cc1. The molecule has 0 aliphatic heterocycles. The summed E-state index contributed by atoms with van der Waals surface area (Å²) in [5.74, 6) is -0.854. The maximum atomic E-state index is 14.2. The Hall–Kier alpha value is -3.07. The molecule has 1 atom stereocenters. The van der Waals surface area contributed by atoms with Gasteiger partial charge >= 0.3 is 0 Å². The van der Waals surface area contributed by atoms with Crippen LogP contribution in [0.4, 0.5) is 5.69 Å². The Balaban J connectivity index is 2.11. The van der Waals surface area contributed by atoms with E-state index in [4.69, 9.17) is 23.2 Å². The number of benzene rings is 3. The highest BCUT2D eigenvalue weighted by Crippen LogP contribution is 2.29. The topological polar surface area (TPSA) is 86.8 Å². The largest absolute Gasteiger partial charge is 0.352 e. The molecule has 0 aliphatic rings. The van der Waals surface area contributed by atoms with Gasteiger partial charge in [-0.3, -0.25) is 13.9 Å². The predicted octanol–water partition coefficient (Wildman–Crippen LogP) is 6.45. The monoisotopic (exact) mass is 617 g/mol. The molecule has 0 aromatic heterocycles. The van der Waals surface area contributed by atoms with Gasteiger partial charge in [0.15, 0.2) is 0 Å². The van der Waals surface area contributed by atoms with E-state index in [1.165, 1.54) is 17.0 Å². The minimum atomic E-state index is -4.14. The molecule has 3 rings (SSSR count). The zero-order chi connectivity index (χ0) is 30.5. The second-order valence-corrected chi connectivity index (χ2v) is 13.1. The van der Waals surface area contributed by atoms with Gasteiger partial charge in [-0.15, -0.1) is 0 Å². The lowest BCUT2D eigenvalue weighted by Gasteiger charge is -2.34. The van der Waals surface area contributed by atoms with Crippen LogP contribution in [0.1, 0.15) is 49.4 Å². The molecule has 0 spiro atoms. The van der Waals surface area contributed by atoms with Crippen LogP contribution >= 0.6 is 23.2 Å². The summed E-state index contributed by atoms with van der Waals surface area (Å²) >= 11 is 12.4. The molecule has 7 nitrogen and oxygen atoms in total. The van der Waals surface area contributed by atoms with Crippen molar-refractivity contribution in [3.8, 4) is 0 Å². The number of amides is 2. The summed E-state index contributed by atoms with van der Waals surface area (Å²) in [5.41, 5.74) is 3.62. The zero-order valence-corrected chi connectivity index (χ0v) is 26.6. The van der Waals surface area contributed by atoms with Gasteiger partial charge in [0.25, 0.3) is 10.0 Å². The Kier molecular flexibility index (Phi) is 10.9. The van der Waals surface area contributed by atoms with Crippen molar-refractivity contribution in [2.75, 3.05) is 10.8 Å². The van der Waals surface area contributed by atoms with Crippen molar-refractivity contribution in [2.45, 2.75) is 71.5 Å². The van der Waals surface area contributed by atoms with Crippen LogP contribution < -0.4 is 9.62 Å². The van der Waals surface area contributed by atoms with E-state index in [9.17, 15) is 18.0 Å². The normalized spacial score (nSPS) is 12.2. The van der Waals surface area contributed by atoms with Crippen molar-refractivity contribution in [3.63, 3.8) is 0 Å².